The van der Waals surface area contributed by atoms with Gasteiger partial charge in [0.2, 0.25) is 0 Å². The zero-order chi connectivity index (χ0) is 11.3. The second-order valence-corrected chi connectivity index (χ2v) is 4.61. The summed E-state index contributed by atoms with van der Waals surface area (Å²) in [7, 11) is 0. The number of nitriles is 1. The van der Waals surface area contributed by atoms with Crippen LogP contribution in [-0.4, -0.2) is 5.75 Å². The SMILES string of the molecule is CCc1cc(Cl)c(SCC#N)c(CC)c1. The summed E-state index contributed by atoms with van der Waals surface area (Å²) >= 11 is 7.72. The number of thioether (sulfide) groups is 1. The first-order valence-electron chi connectivity index (χ1n) is 5.03. The zero-order valence-electron chi connectivity index (χ0n) is 9.01. The van der Waals surface area contributed by atoms with E-state index in [0.717, 1.165) is 22.8 Å². The molecule has 0 aliphatic rings. The molecule has 15 heavy (non-hydrogen) atoms. The standard InChI is InChI=1S/C12H14ClNS/c1-3-9-7-10(4-2)12(11(13)8-9)15-6-5-14/h7-8H,3-4,6H2,1-2H3. The number of rotatable bonds is 4. The van der Waals surface area contributed by atoms with E-state index in [1.807, 2.05) is 6.07 Å². The molecule has 0 saturated carbocycles. The van der Waals surface area contributed by atoms with Crippen molar-refractivity contribution in [3.05, 3.63) is 28.3 Å². The molecule has 3 heteroatoms. The average Bonchev–Trinajstić information content (AvgIpc) is 2.26. The highest BCUT2D eigenvalue weighted by molar-refractivity contribution is 7.99. The lowest BCUT2D eigenvalue weighted by molar-refractivity contribution is 1.04. The van der Waals surface area contributed by atoms with Crippen molar-refractivity contribution in [3.8, 4) is 6.07 Å². The number of halogens is 1. The maximum Gasteiger partial charge on any atom is 0.0855 e. The Morgan fingerprint density at radius 1 is 1.33 bits per heavy atom. The molecule has 0 amide bonds. The van der Waals surface area contributed by atoms with Gasteiger partial charge in [0, 0.05) is 4.90 Å². The summed E-state index contributed by atoms with van der Waals surface area (Å²) in [4.78, 5) is 1.07. The van der Waals surface area contributed by atoms with Crippen molar-refractivity contribution < 1.29 is 0 Å². The Morgan fingerprint density at radius 2 is 2.07 bits per heavy atom. The van der Waals surface area contributed by atoms with E-state index in [2.05, 4.69) is 26.0 Å². The third kappa shape index (κ3) is 3.15. The molecule has 1 aromatic carbocycles. The van der Waals surface area contributed by atoms with Crippen molar-refractivity contribution in [2.75, 3.05) is 5.75 Å². The number of aryl methyl sites for hydroxylation is 2. The Hall–Kier alpha value is -0.650. The molecule has 0 heterocycles. The van der Waals surface area contributed by atoms with Crippen LogP contribution in [-0.2, 0) is 12.8 Å². The molecule has 0 atom stereocenters. The van der Waals surface area contributed by atoms with E-state index >= 15 is 0 Å². The van der Waals surface area contributed by atoms with Gasteiger partial charge in [0.15, 0.2) is 0 Å². The van der Waals surface area contributed by atoms with E-state index in [0.29, 0.717) is 5.75 Å². The molecule has 0 fully saturated rings. The summed E-state index contributed by atoms with van der Waals surface area (Å²) in [5.41, 5.74) is 2.51. The quantitative estimate of drug-likeness (QED) is 0.740. The Labute approximate surface area is 100 Å². The fourth-order valence-corrected chi connectivity index (χ4v) is 2.67. The topological polar surface area (TPSA) is 23.8 Å². The second kappa shape index (κ2) is 6.05. The molecule has 0 aliphatic carbocycles. The van der Waals surface area contributed by atoms with Gasteiger partial charge < -0.3 is 0 Å². The first kappa shape index (κ1) is 12.4. The number of hydrogen-bond donors (Lipinski definition) is 0. The van der Waals surface area contributed by atoms with E-state index in [1.54, 1.807) is 0 Å². The minimum absolute atomic E-state index is 0.457. The van der Waals surface area contributed by atoms with Gasteiger partial charge in [-0.2, -0.15) is 5.26 Å². The fraction of sp³-hybridized carbons (Fsp3) is 0.417. The first-order chi connectivity index (χ1) is 7.22. The Balaban J connectivity index is 3.08. The van der Waals surface area contributed by atoms with E-state index in [1.165, 1.54) is 22.9 Å². The molecule has 0 aromatic heterocycles. The minimum Gasteiger partial charge on any atom is -0.197 e. The lowest BCUT2D eigenvalue weighted by atomic mass is 10.1. The van der Waals surface area contributed by atoms with Crippen molar-refractivity contribution >= 4 is 23.4 Å². The maximum absolute atomic E-state index is 8.57. The van der Waals surface area contributed by atoms with Gasteiger partial charge in [-0.15, -0.1) is 11.8 Å². The molecule has 1 rings (SSSR count). The Morgan fingerprint density at radius 3 is 2.60 bits per heavy atom. The summed E-state index contributed by atoms with van der Waals surface area (Å²) in [6.07, 6.45) is 1.96. The van der Waals surface area contributed by atoms with Gasteiger partial charge in [0.25, 0.3) is 0 Å². The molecule has 1 nitrogen and oxygen atoms in total. The predicted octanol–water partition coefficient (Wildman–Crippen LogP) is 4.08. The zero-order valence-corrected chi connectivity index (χ0v) is 10.6. The van der Waals surface area contributed by atoms with Crippen LogP contribution in [0.5, 0.6) is 0 Å². The van der Waals surface area contributed by atoms with Gasteiger partial charge in [0.1, 0.15) is 0 Å². The van der Waals surface area contributed by atoms with Gasteiger partial charge in [-0.3, -0.25) is 0 Å². The molecule has 0 spiro atoms. The number of benzene rings is 1. The molecule has 1 aromatic rings. The third-order valence-corrected chi connectivity index (χ3v) is 3.70. The molecule has 0 N–H and O–H groups in total. The number of hydrogen-bond acceptors (Lipinski definition) is 2. The van der Waals surface area contributed by atoms with E-state index in [9.17, 15) is 0 Å². The molecule has 0 bridgehead atoms. The summed E-state index contributed by atoms with van der Waals surface area (Å²) in [5, 5.41) is 9.35. The molecule has 80 valence electrons. The molecular weight excluding hydrogens is 226 g/mol. The predicted molar refractivity (Wildman–Crippen MR) is 66.5 cm³/mol. The highest BCUT2D eigenvalue weighted by Gasteiger charge is 2.08. The summed E-state index contributed by atoms with van der Waals surface area (Å²) < 4.78 is 0. The molecule has 0 saturated heterocycles. The molecule has 0 radical (unpaired) electrons. The van der Waals surface area contributed by atoms with Crippen LogP contribution in [0.15, 0.2) is 17.0 Å². The van der Waals surface area contributed by atoms with Crippen molar-refractivity contribution in [1.82, 2.24) is 0 Å². The van der Waals surface area contributed by atoms with Crippen molar-refractivity contribution in [2.45, 2.75) is 31.6 Å². The van der Waals surface area contributed by atoms with E-state index in [-0.39, 0.29) is 0 Å². The van der Waals surface area contributed by atoms with Crippen molar-refractivity contribution in [1.29, 1.82) is 5.26 Å². The molecule has 0 aliphatic heterocycles. The summed E-state index contributed by atoms with van der Waals surface area (Å²) in [6, 6.07) is 6.31. The van der Waals surface area contributed by atoms with Crippen molar-refractivity contribution in [2.24, 2.45) is 0 Å². The average molecular weight is 240 g/mol. The number of nitrogens with zero attached hydrogens (tertiary/aromatic N) is 1. The van der Waals surface area contributed by atoms with E-state index < -0.39 is 0 Å². The second-order valence-electron chi connectivity index (χ2n) is 3.22. The highest BCUT2D eigenvalue weighted by atomic mass is 35.5. The van der Waals surface area contributed by atoms with Crippen LogP contribution in [0.1, 0.15) is 25.0 Å². The largest absolute Gasteiger partial charge is 0.197 e. The maximum atomic E-state index is 8.57. The van der Waals surface area contributed by atoms with Gasteiger partial charge in [-0.25, -0.2) is 0 Å². The van der Waals surface area contributed by atoms with Gasteiger partial charge in [-0.1, -0.05) is 31.5 Å². The monoisotopic (exact) mass is 239 g/mol. The van der Waals surface area contributed by atoms with Crippen LogP contribution in [0.3, 0.4) is 0 Å². The lowest BCUT2D eigenvalue weighted by Crippen LogP contribution is -1.91. The molecular formula is C12H14ClNS. The first-order valence-corrected chi connectivity index (χ1v) is 6.40. The fourth-order valence-electron chi connectivity index (χ4n) is 1.45. The van der Waals surface area contributed by atoms with Crippen LogP contribution in [0.25, 0.3) is 0 Å². The highest BCUT2D eigenvalue weighted by Crippen LogP contribution is 2.32. The van der Waals surface area contributed by atoms with Crippen LogP contribution >= 0.6 is 23.4 Å². The lowest BCUT2D eigenvalue weighted by Gasteiger charge is -2.10. The Bertz CT molecular complexity index is 382. The van der Waals surface area contributed by atoms with Crippen molar-refractivity contribution in [3.63, 3.8) is 0 Å². The normalized spacial score (nSPS) is 10.0. The van der Waals surface area contributed by atoms with Gasteiger partial charge >= 0.3 is 0 Å². The minimum atomic E-state index is 0.457. The third-order valence-electron chi connectivity index (χ3n) is 2.25. The van der Waals surface area contributed by atoms with Crippen LogP contribution < -0.4 is 0 Å². The van der Waals surface area contributed by atoms with Crippen LogP contribution in [0.2, 0.25) is 5.02 Å². The van der Waals surface area contributed by atoms with Crippen LogP contribution in [0, 0.1) is 11.3 Å². The Kier molecular flexibility index (Phi) is 5.01. The summed E-state index contributed by atoms with van der Waals surface area (Å²) in [5.74, 6) is 0.457. The summed E-state index contributed by atoms with van der Waals surface area (Å²) in [6.45, 7) is 4.23. The molecule has 0 unspecified atom stereocenters. The van der Waals surface area contributed by atoms with E-state index in [4.69, 9.17) is 16.9 Å². The smallest absolute Gasteiger partial charge is 0.0855 e. The van der Waals surface area contributed by atoms with Crippen LogP contribution in [0.4, 0.5) is 0 Å². The van der Waals surface area contributed by atoms with Gasteiger partial charge in [0.05, 0.1) is 16.8 Å². The van der Waals surface area contributed by atoms with Gasteiger partial charge in [-0.05, 0) is 30.0 Å².